The molecule has 2 aromatic rings. The molecule has 5 rings (SSSR count). The van der Waals surface area contributed by atoms with Gasteiger partial charge in [0.15, 0.2) is 11.5 Å². The van der Waals surface area contributed by atoms with Crippen LogP contribution in [0.2, 0.25) is 0 Å². The third kappa shape index (κ3) is 5.86. The van der Waals surface area contributed by atoms with Crippen LogP contribution in [0.5, 0.6) is 11.5 Å². The van der Waals surface area contributed by atoms with Crippen molar-refractivity contribution in [2.45, 2.75) is 45.1 Å². The van der Waals surface area contributed by atoms with E-state index in [-0.39, 0.29) is 23.9 Å². The Morgan fingerprint density at radius 3 is 2.32 bits per heavy atom. The number of rotatable bonds is 9. The molecule has 4 atom stereocenters. The highest BCUT2D eigenvalue weighted by Gasteiger charge is 2.50. The summed E-state index contributed by atoms with van der Waals surface area (Å²) < 4.78 is 11.4. The number of amides is 1. The third-order valence-corrected chi connectivity index (χ3v) is 8.36. The van der Waals surface area contributed by atoms with E-state index in [0.717, 1.165) is 35.2 Å². The summed E-state index contributed by atoms with van der Waals surface area (Å²) in [5.41, 5.74) is 3.91. The van der Waals surface area contributed by atoms with Crippen LogP contribution in [0.1, 0.15) is 42.9 Å². The van der Waals surface area contributed by atoms with Gasteiger partial charge in [0.05, 0.1) is 18.0 Å². The number of anilines is 1. The highest BCUT2D eigenvalue weighted by atomic mass is 16.6. The molecule has 3 aliphatic rings. The van der Waals surface area contributed by atoms with Crippen molar-refractivity contribution in [3.8, 4) is 11.5 Å². The van der Waals surface area contributed by atoms with Crippen molar-refractivity contribution < 1.29 is 34.1 Å². The van der Waals surface area contributed by atoms with Gasteiger partial charge in [-0.2, -0.15) is 0 Å². The molecule has 2 aromatic carbocycles. The molecule has 0 radical (unpaired) electrons. The Bertz CT molecular complexity index is 1380. The van der Waals surface area contributed by atoms with Crippen molar-refractivity contribution >= 4 is 23.5 Å². The molecule has 41 heavy (non-hydrogen) atoms. The van der Waals surface area contributed by atoms with Crippen LogP contribution in [-0.2, 0) is 27.2 Å². The number of hydrogen-bond donors (Lipinski definition) is 3. The van der Waals surface area contributed by atoms with E-state index in [9.17, 15) is 24.6 Å². The minimum Gasteiger partial charge on any atom is -0.486 e. The van der Waals surface area contributed by atoms with E-state index in [4.69, 9.17) is 9.47 Å². The monoisotopic (exact) mass is 560 g/mol. The standard InChI is InChI=1S/C32H36N2O7/c1-3-19-6-5-7-20(4-2)29(19)33-27(35)18-34-17-24(23-12-13-25-26(16-23)41-15-14-40-25)28(32(38)39)30(34)21-8-10-22(11-9-21)31(36)37/h5-8,10-13,16,21,24,28,30H,3-4,9,14-15,17-18H2,1-2H3,(H,33,35)(H,36,37)(H,38,39)/t21?,24-,28-,30+/m1/s1. The zero-order valence-corrected chi connectivity index (χ0v) is 23.3. The van der Waals surface area contributed by atoms with Crippen molar-refractivity contribution in [2.75, 3.05) is 31.6 Å². The summed E-state index contributed by atoms with van der Waals surface area (Å²) in [6.07, 6.45) is 6.87. The highest BCUT2D eigenvalue weighted by Crippen LogP contribution is 2.45. The Morgan fingerprint density at radius 2 is 1.71 bits per heavy atom. The van der Waals surface area contributed by atoms with Crippen molar-refractivity contribution in [1.29, 1.82) is 0 Å². The molecule has 9 nitrogen and oxygen atoms in total. The van der Waals surface area contributed by atoms with Gasteiger partial charge < -0.3 is 25.0 Å². The fourth-order valence-corrected chi connectivity index (χ4v) is 6.40. The van der Waals surface area contributed by atoms with Gasteiger partial charge >= 0.3 is 11.9 Å². The molecule has 9 heteroatoms. The van der Waals surface area contributed by atoms with E-state index in [1.807, 2.05) is 55.1 Å². The summed E-state index contributed by atoms with van der Waals surface area (Å²) in [5.74, 6) is -2.48. The number of carboxylic acids is 2. The van der Waals surface area contributed by atoms with Crippen molar-refractivity contribution in [1.82, 2.24) is 4.90 Å². The van der Waals surface area contributed by atoms with Crippen molar-refractivity contribution in [3.05, 3.63) is 76.9 Å². The van der Waals surface area contributed by atoms with Crippen LogP contribution < -0.4 is 14.8 Å². The summed E-state index contributed by atoms with van der Waals surface area (Å²) in [5, 5.41) is 23.1. The molecule has 216 valence electrons. The molecule has 3 N–H and O–H groups in total. The van der Waals surface area contributed by atoms with Crippen LogP contribution in [0.3, 0.4) is 0 Å². The topological polar surface area (TPSA) is 125 Å². The molecule has 1 saturated heterocycles. The molecule has 0 bridgehead atoms. The Morgan fingerprint density at radius 1 is 1.00 bits per heavy atom. The van der Waals surface area contributed by atoms with Crippen LogP contribution in [0.25, 0.3) is 0 Å². The second kappa shape index (κ2) is 12.2. The first-order valence-corrected chi connectivity index (χ1v) is 14.2. The number of nitrogens with one attached hydrogen (secondary N) is 1. The van der Waals surface area contributed by atoms with E-state index in [0.29, 0.717) is 37.7 Å². The maximum absolute atomic E-state index is 13.5. The van der Waals surface area contributed by atoms with Gasteiger partial charge in [-0.25, -0.2) is 4.79 Å². The quantitative estimate of drug-likeness (QED) is 0.415. The summed E-state index contributed by atoms with van der Waals surface area (Å²) in [4.78, 5) is 39.9. The smallest absolute Gasteiger partial charge is 0.335 e. The first kappa shape index (κ1) is 28.4. The lowest BCUT2D eigenvalue weighted by atomic mass is 9.78. The van der Waals surface area contributed by atoms with Crippen LogP contribution in [-0.4, -0.2) is 65.3 Å². The number of hydrogen-bond acceptors (Lipinski definition) is 6. The molecule has 1 aliphatic carbocycles. The van der Waals surface area contributed by atoms with Crippen LogP contribution in [0, 0.1) is 11.8 Å². The van der Waals surface area contributed by atoms with Gasteiger partial charge in [-0.1, -0.05) is 56.3 Å². The lowest BCUT2D eigenvalue weighted by Gasteiger charge is -2.33. The second-order valence-electron chi connectivity index (χ2n) is 10.7. The molecule has 1 fully saturated rings. The van der Waals surface area contributed by atoms with E-state index >= 15 is 0 Å². The number of aliphatic carboxylic acids is 2. The van der Waals surface area contributed by atoms with Crippen LogP contribution in [0.4, 0.5) is 5.69 Å². The minimum absolute atomic E-state index is 0.0105. The average Bonchev–Trinajstić information content (AvgIpc) is 3.36. The number of para-hydroxylation sites is 1. The minimum atomic E-state index is -1.02. The molecular weight excluding hydrogens is 524 g/mol. The molecule has 2 heterocycles. The van der Waals surface area contributed by atoms with Crippen LogP contribution >= 0.6 is 0 Å². The maximum Gasteiger partial charge on any atom is 0.335 e. The van der Waals surface area contributed by atoms with E-state index in [1.165, 1.54) is 6.08 Å². The number of carbonyl (C=O) groups is 3. The predicted octanol–water partition coefficient (Wildman–Crippen LogP) is 4.28. The SMILES string of the molecule is CCc1cccc(CC)c1NC(=O)CN1C[C@H](c2ccc3c(c2)OCCO3)[C@@H](C(=O)O)[C@@H]1C1C=CC(C(=O)O)=CC1. The number of benzene rings is 2. The predicted molar refractivity (Wildman–Crippen MR) is 153 cm³/mol. The summed E-state index contributed by atoms with van der Waals surface area (Å²) in [7, 11) is 0. The molecule has 0 aromatic heterocycles. The van der Waals surface area contributed by atoms with Crippen molar-refractivity contribution in [3.63, 3.8) is 0 Å². The summed E-state index contributed by atoms with van der Waals surface area (Å²) >= 11 is 0. The number of aryl methyl sites for hydroxylation is 2. The Kier molecular flexibility index (Phi) is 8.44. The maximum atomic E-state index is 13.5. The number of carbonyl (C=O) groups excluding carboxylic acids is 1. The van der Waals surface area contributed by atoms with Crippen molar-refractivity contribution in [2.24, 2.45) is 11.8 Å². The second-order valence-corrected chi connectivity index (χ2v) is 10.7. The molecular formula is C32H36N2O7. The number of nitrogens with zero attached hydrogens (tertiary/aromatic N) is 1. The first-order valence-electron chi connectivity index (χ1n) is 14.2. The Labute approximate surface area is 239 Å². The summed E-state index contributed by atoms with van der Waals surface area (Å²) in [6, 6.07) is 11.0. The van der Waals surface area contributed by atoms with E-state index in [2.05, 4.69) is 5.32 Å². The summed E-state index contributed by atoms with van der Waals surface area (Å²) in [6.45, 7) is 5.33. The Balaban J connectivity index is 1.46. The molecule has 2 aliphatic heterocycles. The number of fused-ring (bicyclic) bond motifs is 1. The van der Waals surface area contributed by atoms with Gasteiger partial charge in [-0.15, -0.1) is 0 Å². The molecule has 0 saturated carbocycles. The molecule has 1 amide bonds. The fourth-order valence-electron chi connectivity index (χ4n) is 6.40. The highest BCUT2D eigenvalue weighted by molar-refractivity contribution is 5.94. The number of likely N-dealkylation sites (tertiary alicyclic amines) is 1. The molecule has 1 unspecified atom stereocenters. The normalized spacial score (nSPS) is 23.6. The number of carboxylic acid groups (broad SMARTS) is 2. The largest absolute Gasteiger partial charge is 0.486 e. The van der Waals surface area contributed by atoms with Gasteiger partial charge in [-0.05, 0) is 54.0 Å². The first-order chi connectivity index (χ1) is 19.8. The Hall–Kier alpha value is -4.11. The molecule has 0 spiro atoms. The number of allylic oxidation sites excluding steroid dienone is 1. The van der Waals surface area contributed by atoms with Gasteiger partial charge in [0.25, 0.3) is 0 Å². The zero-order valence-electron chi connectivity index (χ0n) is 23.3. The van der Waals surface area contributed by atoms with Gasteiger partial charge in [0, 0.05) is 24.2 Å². The van der Waals surface area contributed by atoms with Gasteiger partial charge in [-0.3, -0.25) is 14.5 Å². The van der Waals surface area contributed by atoms with Gasteiger partial charge in [0.2, 0.25) is 5.91 Å². The third-order valence-electron chi connectivity index (χ3n) is 8.36. The van der Waals surface area contributed by atoms with E-state index in [1.54, 1.807) is 12.2 Å². The fraction of sp³-hybridized carbons (Fsp3) is 0.406. The average molecular weight is 561 g/mol. The van der Waals surface area contributed by atoms with Gasteiger partial charge in [0.1, 0.15) is 13.2 Å². The lowest BCUT2D eigenvalue weighted by molar-refractivity contribution is -0.143. The number of ether oxygens (including phenoxy) is 2. The zero-order chi connectivity index (χ0) is 29.1. The lowest BCUT2D eigenvalue weighted by Crippen LogP contribution is -2.44. The van der Waals surface area contributed by atoms with Crippen LogP contribution in [0.15, 0.2) is 60.2 Å². The van der Waals surface area contributed by atoms with E-state index < -0.39 is 29.8 Å².